The van der Waals surface area contributed by atoms with E-state index in [-0.39, 0.29) is 11.8 Å². The molecule has 0 aromatic carbocycles. The highest BCUT2D eigenvalue weighted by molar-refractivity contribution is 5.80. The second-order valence-corrected chi connectivity index (χ2v) is 3.51. The van der Waals surface area contributed by atoms with Crippen molar-refractivity contribution < 1.29 is 4.79 Å². The SMILES string of the molecule is C=C(C)CN(C)C(=O)C1CNC1. The van der Waals surface area contributed by atoms with Crippen LogP contribution in [0, 0.1) is 5.92 Å². The van der Waals surface area contributed by atoms with Gasteiger partial charge in [0.2, 0.25) is 5.91 Å². The maximum atomic E-state index is 11.5. The van der Waals surface area contributed by atoms with Gasteiger partial charge in [0, 0.05) is 26.7 Å². The molecule has 0 aromatic heterocycles. The van der Waals surface area contributed by atoms with Crippen LogP contribution in [0.2, 0.25) is 0 Å². The number of nitrogens with one attached hydrogen (secondary N) is 1. The van der Waals surface area contributed by atoms with E-state index < -0.39 is 0 Å². The number of nitrogens with zero attached hydrogens (tertiary/aromatic N) is 1. The van der Waals surface area contributed by atoms with Gasteiger partial charge in [0.05, 0.1) is 5.92 Å². The summed E-state index contributed by atoms with van der Waals surface area (Å²) in [5.41, 5.74) is 1.03. The molecule has 1 N–H and O–H groups in total. The molecule has 0 saturated carbocycles. The lowest BCUT2D eigenvalue weighted by Crippen LogP contribution is -2.51. The highest BCUT2D eigenvalue weighted by Crippen LogP contribution is 2.07. The molecule has 68 valence electrons. The van der Waals surface area contributed by atoms with Crippen LogP contribution >= 0.6 is 0 Å². The first-order valence-electron chi connectivity index (χ1n) is 4.21. The second-order valence-electron chi connectivity index (χ2n) is 3.51. The maximum absolute atomic E-state index is 11.5. The molecule has 3 nitrogen and oxygen atoms in total. The van der Waals surface area contributed by atoms with Gasteiger partial charge >= 0.3 is 0 Å². The third-order valence-electron chi connectivity index (χ3n) is 2.01. The summed E-state index contributed by atoms with van der Waals surface area (Å²) in [5, 5.41) is 3.08. The van der Waals surface area contributed by atoms with Gasteiger partial charge in [0.15, 0.2) is 0 Å². The van der Waals surface area contributed by atoms with Crippen LogP contribution in [0.5, 0.6) is 0 Å². The zero-order valence-electron chi connectivity index (χ0n) is 7.76. The third-order valence-corrected chi connectivity index (χ3v) is 2.01. The average Bonchev–Trinajstić information content (AvgIpc) is 1.81. The smallest absolute Gasteiger partial charge is 0.228 e. The van der Waals surface area contributed by atoms with Crippen LogP contribution < -0.4 is 5.32 Å². The predicted molar refractivity (Wildman–Crippen MR) is 48.8 cm³/mol. The van der Waals surface area contributed by atoms with E-state index in [1.807, 2.05) is 14.0 Å². The Morgan fingerprint density at radius 1 is 1.67 bits per heavy atom. The lowest BCUT2D eigenvalue weighted by molar-refractivity contribution is -0.135. The second kappa shape index (κ2) is 3.72. The molecule has 1 rings (SSSR count). The van der Waals surface area contributed by atoms with Crippen molar-refractivity contribution in [1.29, 1.82) is 0 Å². The van der Waals surface area contributed by atoms with Gasteiger partial charge in [-0.1, -0.05) is 12.2 Å². The molecule has 1 fully saturated rings. The molecule has 1 heterocycles. The minimum absolute atomic E-state index is 0.203. The van der Waals surface area contributed by atoms with Crippen molar-refractivity contribution in [3.8, 4) is 0 Å². The molecule has 1 aliphatic rings. The first-order valence-corrected chi connectivity index (χ1v) is 4.21. The molecule has 12 heavy (non-hydrogen) atoms. The van der Waals surface area contributed by atoms with Crippen molar-refractivity contribution >= 4 is 5.91 Å². The van der Waals surface area contributed by atoms with E-state index in [0.29, 0.717) is 6.54 Å². The Labute approximate surface area is 73.4 Å². The summed E-state index contributed by atoms with van der Waals surface area (Å²) in [5.74, 6) is 0.436. The minimum Gasteiger partial charge on any atom is -0.341 e. The van der Waals surface area contributed by atoms with Crippen molar-refractivity contribution in [2.24, 2.45) is 5.92 Å². The van der Waals surface area contributed by atoms with Crippen LogP contribution in [0.15, 0.2) is 12.2 Å². The Balaban J connectivity index is 2.34. The van der Waals surface area contributed by atoms with Crippen molar-refractivity contribution in [3.05, 3.63) is 12.2 Å². The normalized spacial score (nSPS) is 16.8. The van der Waals surface area contributed by atoms with Crippen LogP contribution in [0.3, 0.4) is 0 Å². The van der Waals surface area contributed by atoms with Gasteiger partial charge < -0.3 is 10.2 Å². The molecule has 0 aromatic rings. The fourth-order valence-electron chi connectivity index (χ4n) is 1.26. The molecule has 0 aliphatic carbocycles. The van der Waals surface area contributed by atoms with Gasteiger partial charge in [-0.05, 0) is 6.92 Å². The van der Waals surface area contributed by atoms with Crippen LogP contribution in [0.25, 0.3) is 0 Å². The first kappa shape index (κ1) is 9.26. The first-order chi connectivity index (χ1) is 5.61. The number of carbonyl (C=O) groups is 1. The molecule has 1 amide bonds. The molecule has 0 radical (unpaired) electrons. The van der Waals surface area contributed by atoms with Crippen LogP contribution in [-0.4, -0.2) is 37.5 Å². The summed E-state index contributed by atoms with van der Waals surface area (Å²) in [4.78, 5) is 13.2. The molecular weight excluding hydrogens is 152 g/mol. The highest BCUT2D eigenvalue weighted by atomic mass is 16.2. The summed E-state index contributed by atoms with van der Waals surface area (Å²) in [7, 11) is 1.83. The lowest BCUT2D eigenvalue weighted by Gasteiger charge is -2.30. The quantitative estimate of drug-likeness (QED) is 0.612. The summed E-state index contributed by atoms with van der Waals surface area (Å²) in [6.07, 6.45) is 0. The summed E-state index contributed by atoms with van der Waals surface area (Å²) in [6, 6.07) is 0. The van der Waals surface area contributed by atoms with E-state index in [9.17, 15) is 4.79 Å². The Morgan fingerprint density at radius 3 is 2.58 bits per heavy atom. The highest BCUT2D eigenvalue weighted by Gasteiger charge is 2.27. The van der Waals surface area contributed by atoms with Crippen LogP contribution in [0.4, 0.5) is 0 Å². The summed E-state index contributed by atoms with van der Waals surface area (Å²) < 4.78 is 0. The predicted octanol–water partition coefficient (Wildman–Crippen LogP) is 0.240. The third kappa shape index (κ3) is 2.08. The Morgan fingerprint density at radius 2 is 2.25 bits per heavy atom. The van der Waals surface area contributed by atoms with E-state index in [1.165, 1.54) is 0 Å². The monoisotopic (exact) mass is 168 g/mol. The molecule has 0 atom stereocenters. The van der Waals surface area contributed by atoms with Gasteiger partial charge in [0.1, 0.15) is 0 Å². The van der Waals surface area contributed by atoms with Gasteiger partial charge in [-0.3, -0.25) is 4.79 Å². The summed E-state index contributed by atoms with van der Waals surface area (Å²) >= 11 is 0. The van der Waals surface area contributed by atoms with E-state index in [0.717, 1.165) is 18.7 Å². The topological polar surface area (TPSA) is 32.3 Å². The number of amides is 1. The molecule has 1 aliphatic heterocycles. The zero-order valence-corrected chi connectivity index (χ0v) is 7.76. The largest absolute Gasteiger partial charge is 0.341 e. The minimum atomic E-state index is 0.203. The van der Waals surface area contributed by atoms with Gasteiger partial charge in [-0.2, -0.15) is 0 Å². The van der Waals surface area contributed by atoms with Crippen molar-refractivity contribution in [2.45, 2.75) is 6.92 Å². The number of rotatable bonds is 3. The molecular formula is C9H16N2O. The van der Waals surface area contributed by atoms with E-state index in [2.05, 4.69) is 11.9 Å². The Bertz CT molecular complexity index is 197. The number of likely N-dealkylation sites (N-methyl/N-ethyl adjacent to an activating group) is 1. The number of hydrogen-bond acceptors (Lipinski definition) is 2. The summed E-state index contributed by atoms with van der Waals surface area (Å²) in [6.45, 7) is 8.05. The van der Waals surface area contributed by atoms with Crippen molar-refractivity contribution in [1.82, 2.24) is 10.2 Å². The average molecular weight is 168 g/mol. The molecule has 0 bridgehead atoms. The zero-order chi connectivity index (χ0) is 9.14. The fraction of sp³-hybridized carbons (Fsp3) is 0.667. The lowest BCUT2D eigenvalue weighted by atomic mass is 10.0. The molecule has 3 heteroatoms. The molecule has 1 saturated heterocycles. The van der Waals surface area contributed by atoms with Crippen molar-refractivity contribution in [3.63, 3.8) is 0 Å². The van der Waals surface area contributed by atoms with Crippen LogP contribution in [-0.2, 0) is 4.79 Å². The van der Waals surface area contributed by atoms with E-state index in [1.54, 1.807) is 4.90 Å². The number of hydrogen-bond donors (Lipinski definition) is 1. The molecule has 0 unspecified atom stereocenters. The Hall–Kier alpha value is -0.830. The van der Waals surface area contributed by atoms with Crippen molar-refractivity contribution in [2.75, 3.05) is 26.7 Å². The fourth-order valence-corrected chi connectivity index (χ4v) is 1.26. The maximum Gasteiger partial charge on any atom is 0.228 e. The van der Waals surface area contributed by atoms with E-state index in [4.69, 9.17) is 0 Å². The van der Waals surface area contributed by atoms with Gasteiger partial charge in [-0.25, -0.2) is 0 Å². The van der Waals surface area contributed by atoms with Crippen LogP contribution in [0.1, 0.15) is 6.92 Å². The standard InChI is InChI=1S/C9H16N2O/c1-7(2)6-11(3)9(12)8-4-10-5-8/h8,10H,1,4-6H2,2-3H3. The number of carbonyl (C=O) groups excluding carboxylic acids is 1. The van der Waals surface area contributed by atoms with Gasteiger partial charge in [-0.15, -0.1) is 0 Å². The van der Waals surface area contributed by atoms with E-state index >= 15 is 0 Å². The van der Waals surface area contributed by atoms with Gasteiger partial charge in [0.25, 0.3) is 0 Å². The molecule has 0 spiro atoms. The Kier molecular flexibility index (Phi) is 2.87.